The van der Waals surface area contributed by atoms with E-state index in [1.54, 1.807) is 16.1 Å². The average molecular weight is 336 g/mol. The van der Waals surface area contributed by atoms with Crippen molar-refractivity contribution in [1.82, 2.24) is 0 Å². The standard InChI is InChI=1S/C24H15B3/c1-4-10-19-16(7-1)13-22-25(19)23-14-17-8-3-6-12-21(17)27(23)24-15-18-9-2-5-11-20(18)26(22)24/h1-15H. The van der Waals surface area contributed by atoms with Crippen molar-refractivity contribution in [2.75, 3.05) is 0 Å². The Hall–Kier alpha value is -2.93. The molecule has 1 fully saturated rings. The summed E-state index contributed by atoms with van der Waals surface area (Å²) in [6.45, 7) is 1.27. The van der Waals surface area contributed by atoms with Gasteiger partial charge in [-0.15, -0.1) is 16.1 Å². The van der Waals surface area contributed by atoms with Gasteiger partial charge in [-0.25, -0.2) is 0 Å². The highest BCUT2D eigenvalue weighted by Gasteiger charge is 2.53. The lowest BCUT2D eigenvalue weighted by Crippen LogP contribution is -2.57. The zero-order valence-corrected chi connectivity index (χ0v) is 14.9. The van der Waals surface area contributed by atoms with Gasteiger partial charge in [0.2, 0.25) is 20.1 Å². The Balaban J connectivity index is 1.55. The number of hydrogen-bond acceptors (Lipinski definition) is 0. The molecule has 0 bridgehead atoms. The molecule has 4 aliphatic heterocycles. The number of rotatable bonds is 0. The third kappa shape index (κ3) is 1.68. The summed E-state index contributed by atoms with van der Waals surface area (Å²) in [5, 5.41) is 4.72. The third-order valence-electron chi connectivity index (χ3n) is 6.89. The average Bonchev–Trinajstić information content (AvgIpc) is 3.38. The summed E-state index contributed by atoms with van der Waals surface area (Å²) in [5.41, 5.74) is 8.66. The molecule has 0 N–H and O–H groups in total. The lowest BCUT2D eigenvalue weighted by atomic mass is 9.02. The Bertz CT molecular complexity index is 1070. The van der Waals surface area contributed by atoms with Crippen LogP contribution in [0.25, 0.3) is 18.2 Å². The summed E-state index contributed by atoms with van der Waals surface area (Å²) >= 11 is 0. The molecule has 3 heteroatoms. The zero-order chi connectivity index (χ0) is 17.5. The summed E-state index contributed by atoms with van der Waals surface area (Å²) in [6, 6.07) is 26.9. The molecule has 0 radical (unpaired) electrons. The molecule has 0 nitrogen and oxygen atoms in total. The van der Waals surface area contributed by atoms with Gasteiger partial charge >= 0.3 is 0 Å². The molecule has 3 aromatic rings. The van der Waals surface area contributed by atoms with E-state index in [-0.39, 0.29) is 0 Å². The molecule has 0 aliphatic carbocycles. The highest BCUT2D eigenvalue weighted by atomic mass is 14.2. The Morgan fingerprint density at radius 3 is 1.00 bits per heavy atom. The number of benzene rings is 3. The van der Waals surface area contributed by atoms with Crippen LogP contribution in [0.3, 0.4) is 0 Å². The van der Waals surface area contributed by atoms with Crippen LogP contribution < -0.4 is 16.4 Å². The minimum absolute atomic E-state index is 0.423. The Morgan fingerprint density at radius 2 is 0.667 bits per heavy atom. The van der Waals surface area contributed by atoms with E-state index in [9.17, 15) is 0 Å². The van der Waals surface area contributed by atoms with Crippen molar-refractivity contribution in [3.05, 3.63) is 106 Å². The van der Waals surface area contributed by atoms with Crippen LogP contribution in [-0.4, -0.2) is 20.1 Å². The first-order valence-corrected chi connectivity index (χ1v) is 9.81. The zero-order valence-electron chi connectivity index (χ0n) is 14.9. The first-order valence-electron chi connectivity index (χ1n) is 9.81. The van der Waals surface area contributed by atoms with Gasteiger partial charge in [0.25, 0.3) is 0 Å². The van der Waals surface area contributed by atoms with Crippen LogP contribution in [-0.2, 0) is 0 Å². The van der Waals surface area contributed by atoms with Gasteiger partial charge in [-0.3, -0.25) is 0 Å². The van der Waals surface area contributed by atoms with E-state index in [1.165, 1.54) is 33.1 Å². The summed E-state index contributed by atoms with van der Waals surface area (Å²) < 4.78 is 0. The highest BCUT2D eigenvalue weighted by molar-refractivity contribution is 7.26. The molecular formula is C24H15B3. The number of hydrogen-bond donors (Lipinski definition) is 0. The molecule has 0 atom stereocenters. The van der Waals surface area contributed by atoms with Gasteiger partial charge in [-0.2, -0.15) is 0 Å². The molecule has 0 unspecified atom stereocenters. The van der Waals surface area contributed by atoms with Gasteiger partial charge in [-0.05, 0) is 16.7 Å². The van der Waals surface area contributed by atoms with Crippen LogP contribution in [0.4, 0.5) is 0 Å². The van der Waals surface area contributed by atoms with Crippen LogP contribution in [0.2, 0.25) is 0 Å². The van der Waals surface area contributed by atoms with Crippen LogP contribution in [0.5, 0.6) is 0 Å². The van der Waals surface area contributed by atoms with Gasteiger partial charge < -0.3 is 0 Å². The van der Waals surface area contributed by atoms with Gasteiger partial charge in [0, 0.05) is 0 Å². The van der Waals surface area contributed by atoms with Crippen LogP contribution in [0, 0.1) is 0 Å². The number of fused-ring (bicyclic) bond motifs is 12. The van der Waals surface area contributed by atoms with E-state index < -0.39 is 0 Å². The summed E-state index contributed by atoms with van der Waals surface area (Å²) in [5.74, 6) is 0. The molecule has 0 saturated carbocycles. The molecule has 3 aromatic carbocycles. The maximum absolute atomic E-state index is 2.47. The fourth-order valence-electron chi connectivity index (χ4n) is 5.91. The van der Waals surface area contributed by atoms with Gasteiger partial charge in [0.1, 0.15) is 0 Å². The molecule has 27 heavy (non-hydrogen) atoms. The fourth-order valence-corrected chi connectivity index (χ4v) is 5.91. The van der Waals surface area contributed by atoms with E-state index in [2.05, 4.69) is 91.0 Å². The quantitative estimate of drug-likeness (QED) is 0.554. The van der Waals surface area contributed by atoms with E-state index in [1.807, 2.05) is 0 Å². The lowest BCUT2D eigenvalue weighted by molar-refractivity contribution is 1.73. The molecule has 4 heterocycles. The normalized spacial score (nSPS) is 17.3. The van der Waals surface area contributed by atoms with Crippen LogP contribution in [0.1, 0.15) is 16.7 Å². The largest absolute Gasteiger partial charge is 0.217 e. The monoisotopic (exact) mass is 336 g/mol. The van der Waals surface area contributed by atoms with E-state index >= 15 is 0 Å². The van der Waals surface area contributed by atoms with E-state index in [0.29, 0.717) is 20.1 Å². The topological polar surface area (TPSA) is 0 Å². The first kappa shape index (κ1) is 14.2. The summed E-state index contributed by atoms with van der Waals surface area (Å²) in [6.07, 6.45) is 7.42. The smallest absolute Gasteiger partial charge is 0.113 e. The van der Waals surface area contributed by atoms with Crippen LogP contribution in [0.15, 0.2) is 88.9 Å². The van der Waals surface area contributed by atoms with Crippen molar-refractivity contribution in [3.63, 3.8) is 0 Å². The molecule has 0 spiro atoms. The highest BCUT2D eigenvalue weighted by Crippen LogP contribution is 2.41. The van der Waals surface area contributed by atoms with Crippen molar-refractivity contribution in [2.45, 2.75) is 0 Å². The van der Waals surface area contributed by atoms with Crippen molar-refractivity contribution >= 4 is 54.8 Å². The van der Waals surface area contributed by atoms with Crippen molar-refractivity contribution < 1.29 is 0 Å². The third-order valence-corrected chi connectivity index (χ3v) is 6.89. The SMILES string of the molecule is C1=C2B3C(=Cc4ccccc43)B3C(=Cc4ccccc43)B2c2ccccc21. The van der Waals surface area contributed by atoms with Crippen molar-refractivity contribution in [1.29, 1.82) is 0 Å². The molecular weight excluding hydrogens is 321 g/mol. The van der Waals surface area contributed by atoms with Gasteiger partial charge in [0.05, 0.1) is 0 Å². The minimum Gasteiger partial charge on any atom is -0.113 e. The predicted octanol–water partition coefficient (Wildman–Crippen LogP) is 2.63. The van der Waals surface area contributed by atoms with E-state index in [0.717, 1.165) is 0 Å². The molecule has 120 valence electrons. The predicted molar refractivity (Wildman–Crippen MR) is 119 cm³/mol. The van der Waals surface area contributed by atoms with Crippen molar-refractivity contribution in [3.8, 4) is 0 Å². The summed E-state index contributed by atoms with van der Waals surface area (Å²) in [4.78, 5) is 0. The minimum atomic E-state index is 0.423. The second kappa shape index (κ2) is 4.87. The van der Waals surface area contributed by atoms with Crippen molar-refractivity contribution in [2.24, 2.45) is 0 Å². The van der Waals surface area contributed by atoms with Crippen LogP contribution >= 0.6 is 0 Å². The maximum atomic E-state index is 2.47. The molecule has 1 saturated heterocycles. The Kier molecular flexibility index (Phi) is 2.55. The summed E-state index contributed by atoms with van der Waals surface area (Å²) in [7, 11) is 0. The molecule has 4 aliphatic rings. The second-order valence-corrected chi connectivity index (χ2v) is 8.12. The molecule has 0 amide bonds. The fraction of sp³-hybridized carbons (Fsp3) is 0. The Labute approximate surface area is 160 Å². The Morgan fingerprint density at radius 1 is 0.370 bits per heavy atom. The van der Waals surface area contributed by atoms with Gasteiger partial charge in [-0.1, -0.05) is 107 Å². The second-order valence-electron chi connectivity index (χ2n) is 8.12. The molecule has 7 rings (SSSR count). The first-order chi connectivity index (χ1) is 13.4. The lowest BCUT2D eigenvalue weighted by Gasteiger charge is -2.33. The van der Waals surface area contributed by atoms with E-state index in [4.69, 9.17) is 0 Å². The maximum Gasteiger partial charge on any atom is 0.217 e. The van der Waals surface area contributed by atoms with Gasteiger partial charge in [0.15, 0.2) is 0 Å². The molecule has 0 aromatic heterocycles.